The lowest BCUT2D eigenvalue weighted by atomic mass is 9.91. The van der Waals surface area contributed by atoms with Crippen LogP contribution in [0.4, 0.5) is 0 Å². The van der Waals surface area contributed by atoms with Crippen molar-refractivity contribution in [3.8, 4) is 0 Å². The molecule has 12 heavy (non-hydrogen) atoms. The summed E-state index contributed by atoms with van der Waals surface area (Å²) in [5, 5.41) is 0. The minimum atomic E-state index is 0.488. The van der Waals surface area contributed by atoms with Gasteiger partial charge in [-0.1, -0.05) is 0 Å². The fraction of sp³-hybridized carbons (Fsp3) is 1.00. The van der Waals surface area contributed by atoms with Gasteiger partial charge in [-0.05, 0) is 57.7 Å². The number of hydrogen-bond donors (Lipinski definition) is 1. The Balaban J connectivity index is 1.92. The molecule has 2 atom stereocenters. The maximum absolute atomic E-state index is 6.16. The molecule has 0 radical (unpaired) electrons. The van der Waals surface area contributed by atoms with Gasteiger partial charge in [0.25, 0.3) is 0 Å². The van der Waals surface area contributed by atoms with Crippen LogP contribution in [0.5, 0.6) is 0 Å². The molecule has 1 aliphatic carbocycles. The Bertz CT molecular complexity index is 154. The zero-order chi connectivity index (χ0) is 8.55. The van der Waals surface area contributed by atoms with E-state index in [1.807, 2.05) is 0 Å². The third-order valence-electron chi connectivity index (χ3n) is 3.47. The first kappa shape index (κ1) is 8.52. The van der Waals surface area contributed by atoms with Gasteiger partial charge in [0.1, 0.15) is 0 Å². The summed E-state index contributed by atoms with van der Waals surface area (Å²) in [5.41, 5.74) is 6.16. The van der Waals surface area contributed by atoms with E-state index < -0.39 is 0 Å². The van der Waals surface area contributed by atoms with Crippen molar-refractivity contribution in [2.24, 2.45) is 17.6 Å². The summed E-state index contributed by atoms with van der Waals surface area (Å²) in [7, 11) is 2.21. The largest absolute Gasteiger partial charge is 0.327 e. The SMILES string of the molecule is CN1CCC(N)C(C2CC2)CC1. The van der Waals surface area contributed by atoms with Gasteiger partial charge in [-0.15, -0.1) is 0 Å². The van der Waals surface area contributed by atoms with Crippen molar-refractivity contribution in [3.63, 3.8) is 0 Å². The van der Waals surface area contributed by atoms with Crippen LogP contribution in [0.3, 0.4) is 0 Å². The average molecular weight is 168 g/mol. The smallest absolute Gasteiger partial charge is 0.00824 e. The van der Waals surface area contributed by atoms with Gasteiger partial charge in [-0.3, -0.25) is 0 Å². The topological polar surface area (TPSA) is 29.3 Å². The van der Waals surface area contributed by atoms with Gasteiger partial charge in [0.15, 0.2) is 0 Å². The van der Waals surface area contributed by atoms with Crippen LogP contribution < -0.4 is 5.73 Å². The van der Waals surface area contributed by atoms with E-state index in [0.717, 1.165) is 11.8 Å². The Kier molecular flexibility index (Phi) is 2.37. The molecular weight excluding hydrogens is 148 g/mol. The summed E-state index contributed by atoms with van der Waals surface area (Å²) < 4.78 is 0. The molecule has 2 heteroatoms. The Morgan fingerprint density at radius 1 is 1.08 bits per heavy atom. The van der Waals surface area contributed by atoms with Crippen molar-refractivity contribution in [2.45, 2.75) is 31.7 Å². The molecule has 70 valence electrons. The highest BCUT2D eigenvalue weighted by molar-refractivity contribution is 4.89. The normalized spacial score (nSPS) is 39.5. The third kappa shape index (κ3) is 1.80. The molecule has 2 nitrogen and oxygen atoms in total. The van der Waals surface area contributed by atoms with Gasteiger partial charge >= 0.3 is 0 Å². The number of rotatable bonds is 1. The Morgan fingerprint density at radius 2 is 1.75 bits per heavy atom. The average Bonchev–Trinajstić information content (AvgIpc) is 2.82. The number of nitrogens with two attached hydrogens (primary N) is 1. The van der Waals surface area contributed by atoms with Gasteiger partial charge in [-0.25, -0.2) is 0 Å². The maximum atomic E-state index is 6.16. The molecule has 2 rings (SSSR count). The standard InChI is InChI=1S/C10H20N2/c1-12-6-4-9(8-2-3-8)10(11)5-7-12/h8-10H,2-7,11H2,1H3. The van der Waals surface area contributed by atoms with E-state index in [-0.39, 0.29) is 0 Å². The molecule has 2 N–H and O–H groups in total. The molecule has 0 amide bonds. The van der Waals surface area contributed by atoms with Crippen LogP contribution in [0.2, 0.25) is 0 Å². The van der Waals surface area contributed by atoms with E-state index in [0.29, 0.717) is 6.04 Å². The zero-order valence-electron chi connectivity index (χ0n) is 8.00. The maximum Gasteiger partial charge on any atom is 0.00824 e. The fourth-order valence-electron chi connectivity index (χ4n) is 2.39. The Labute approximate surface area is 75.1 Å². The van der Waals surface area contributed by atoms with Gasteiger partial charge in [0.2, 0.25) is 0 Å². The Hall–Kier alpha value is -0.0800. The second-order valence-corrected chi connectivity index (χ2v) is 4.55. The summed E-state index contributed by atoms with van der Waals surface area (Å²) in [5.74, 6) is 1.83. The molecular formula is C10H20N2. The lowest BCUT2D eigenvalue weighted by molar-refractivity contribution is 0.332. The van der Waals surface area contributed by atoms with Crippen LogP contribution in [0.15, 0.2) is 0 Å². The molecule has 1 aliphatic heterocycles. The lowest BCUT2D eigenvalue weighted by Crippen LogP contribution is -2.31. The molecule has 0 aromatic heterocycles. The summed E-state index contributed by atoms with van der Waals surface area (Å²) in [6, 6.07) is 0.488. The van der Waals surface area contributed by atoms with E-state index in [1.165, 1.54) is 38.8 Å². The molecule has 2 aliphatic rings. The molecule has 1 saturated heterocycles. The lowest BCUT2D eigenvalue weighted by Gasteiger charge is -2.19. The van der Waals surface area contributed by atoms with Crippen molar-refractivity contribution >= 4 is 0 Å². The zero-order valence-corrected chi connectivity index (χ0v) is 8.00. The quantitative estimate of drug-likeness (QED) is 0.634. The number of likely N-dealkylation sites (tertiary alicyclic amines) is 1. The molecule has 0 spiro atoms. The van der Waals surface area contributed by atoms with Crippen LogP contribution in [0.25, 0.3) is 0 Å². The highest BCUT2D eigenvalue weighted by Gasteiger charge is 2.35. The fourth-order valence-corrected chi connectivity index (χ4v) is 2.39. The van der Waals surface area contributed by atoms with Gasteiger partial charge in [0.05, 0.1) is 0 Å². The van der Waals surface area contributed by atoms with Crippen LogP contribution in [-0.2, 0) is 0 Å². The first-order valence-corrected chi connectivity index (χ1v) is 5.21. The first-order chi connectivity index (χ1) is 5.77. The van der Waals surface area contributed by atoms with Gasteiger partial charge in [0, 0.05) is 6.04 Å². The molecule has 1 saturated carbocycles. The van der Waals surface area contributed by atoms with E-state index in [1.54, 1.807) is 0 Å². The second kappa shape index (κ2) is 3.35. The number of hydrogen-bond acceptors (Lipinski definition) is 2. The third-order valence-corrected chi connectivity index (χ3v) is 3.47. The predicted octanol–water partition coefficient (Wildman–Crippen LogP) is 1.07. The molecule has 2 fully saturated rings. The van der Waals surface area contributed by atoms with E-state index in [2.05, 4.69) is 11.9 Å². The number of nitrogens with zero attached hydrogens (tertiary/aromatic N) is 1. The predicted molar refractivity (Wildman–Crippen MR) is 50.9 cm³/mol. The highest BCUT2D eigenvalue weighted by atomic mass is 15.1. The first-order valence-electron chi connectivity index (χ1n) is 5.21. The van der Waals surface area contributed by atoms with Gasteiger partial charge < -0.3 is 10.6 Å². The summed E-state index contributed by atoms with van der Waals surface area (Å²) in [6.07, 6.45) is 5.43. The monoisotopic (exact) mass is 168 g/mol. The second-order valence-electron chi connectivity index (χ2n) is 4.55. The van der Waals surface area contributed by atoms with E-state index >= 15 is 0 Å². The summed E-state index contributed by atoms with van der Waals surface area (Å²) >= 11 is 0. The highest BCUT2D eigenvalue weighted by Crippen LogP contribution is 2.41. The van der Waals surface area contributed by atoms with Gasteiger partial charge in [-0.2, -0.15) is 0 Å². The minimum Gasteiger partial charge on any atom is -0.327 e. The van der Waals surface area contributed by atoms with Crippen molar-refractivity contribution in [3.05, 3.63) is 0 Å². The van der Waals surface area contributed by atoms with E-state index in [9.17, 15) is 0 Å². The van der Waals surface area contributed by atoms with Crippen molar-refractivity contribution in [2.75, 3.05) is 20.1 Å². The van der Waals surface area contributed by atoms with Crippen LogP contribution >= 0.6 is 0 Å². The van der Waals surface area contributed by atoms with Crippen LogP contribution in [-0.4, -0.2) is 31.1 Å². The molecule has 0 aromatic carbocycles. The molecule has 2 unspecified atom stereocenters. The van der Waals surface area contributed by atoms with Crippen molar-refractivity contribution < 1.29 is 0 Å². The summed E-state index contributed by atoms with van der Waals surface area (Å²) in [4.78, 5) is 2.42. The summed E-state index contributed by atoms with van der Waals surface area (Å²) in [6.45, 7) is 2.46. The molecule has 1 heterocycles. The van der Waals surface area contributed by atoms with E-state index in [4.69, 9.17) is 5.73 Å². The Morgan fingerprint density at radius 3 is 2.42 bits per heavy atom. The molecule has 0 bridgehead atoms. The van der Waals surface area contributed by atoms with Crippen LogP contribution in [0, 0.1) is 11.8 Å². The minimum absolute atomic E-state index is 0.488. The molecule has 0 aromatic rings. The van der Waals surface area contributed by atoms with Crippen LogP contribution in [0.1, 0.15) is 25.7 Å². The van der Waals surface area contributed by atoms with Crippen molar-refractivity contribution in [1.82, 2.24) is 4.90 Å². The van der Waals surface area contributed by atoms with Crippen molar-refractivity contribution in [1.29, 1.82) is 0 Å².